The fourth-order valence-electron chi connectivity index (χ4n) is 3.82. The Balaban J connectivity index is 4.50. The number of hydrogen-bond acceptors (Lipinski definition) is 11. The van der Waals surface area contributed by atoms with Crippen molar-refractivity contribution in [2.75, 3.05) is 19.8 Å². The Morgan fingerprint density at radius 2 is 1.30 bits per heavy atom. The zero-order chi connectivity index (χ0) is 32.3. The van der Waals surface area contributed by atoms with Gasteiger partial charge >= 0.3 is 25.7 Å². The van der Waals surface area contributed by atoms with Crippen LogP contribution in [0.1, 0.15) is 110 Å². The number of rotatable bonds is 29. The maximum absolute atomic E-state index is 12.2. The van der Waals surface area contributed by atoms with Crippen molar-refractivity contribution in [3.05, 3.63) is 12.2 Å². The molecule has 13 nitrogen and oxygen atoms in total. The number of carbonyl (C=O) groups is 5. The molecule has 0 saturated carbocycles. The van der Waals surface area contributed by atoms with Gasteiger partial charge in [-0.15, -0.1) is 0 Å². The summed E-state index contributed by atoms with van der Waals surface area (Å²) in [6.45, 7) is 0.175. The summed E-state index contributed by atoms with van der Waals surface area (Å²) in [5, 5.41) is 8.76. The number of allylic oxidation sites excluding steroid dienone is 2. The Morgan fingerprint density at radius 1 is 0.767 bits per heavy atom. The number of ketones is 1. The molecular formula is C29H50NO12P. The highest BCUT2D eigenvalue weighted by Crippen LogP contribution is 2.43. The molecule has 0 aromatic carbocycles. The van der Waals surface area contributed by atoms with Crippen molar-refractivity contribution in [1.82, 2.24) is 0 Å². The second kappa shape index (κ2) is 26.0. The molecule has 248 valence electrons. The number of carbonyl (C=O) groups excluding carboxylic acids is 4. The van der Waals surface area contributed by atoms with E-state index in [2.05, 4.69) is 11.4 Å². The van der Waals surface area contributed by atoms with E-state index < -0.39 is 63.5 Å². The van der Waals surface area contributed by atoms with Gasteiger partial charge in [0.15, 0.2) is 11.9 Å². The molecule has 0 radical (unpaired) electrons. The fraction of sp³-hybridized carbons (Fsp3) is 0.759. The van der Waals surface area contributed by atoms with Gasteiger partial charge in [0.25, 0.3) is 0 Å². The molecule has 0 amide bonds. The summed E-state index contributed by atoms with van der Waals surface area (Å²) in [6.07, 6.45) is 15.7. The van der Waals surface area contributed by atoms with Crippen molar-refractivity contribution in [2.24, 2.45) is 5.73 Å². The van der Waals surface area contributed by atoms with Crippen LogP contribution >= 0.6 is 7.82 Å². The number of ether oxygens (including phenoxy) is 2. The van der Waals surface area contributed by atoms with Crippen molar-refractivity contribution in [3.63, 3.8) is 0 Å². The Bertz CT molecular complexity index is 895. The quantitative estimate of drug-likeness (QED) is 0.0339. The molecule has 0 heterocycles. The average molecular weight is 636 g/mol. The molecule has 0 saturated heterocycles. The molecule has 0 fully saturated rings. The number of phosphoric ester groups is 1. The van der Waals surface area contributed by atoms with E-state index in [0.717, 1.165) is 31.4 Å². The van der Waals surface area contributed by atoms with Gasteiger partial charge in [0.2, 0.25) is 0 Å². The minimum Gasteiger partial charge on any atom is -0.480 e. The molecule has 14 heteroatoms. The highest BCUT2D eigenvalue weighted by molar-refractivity contribution is 7.47. The summed E-state index contributed by atoms with van der Waals surface area (Å²) in [7, 11) is -4.79. The number of nitrogens with two attached hydrogens (primary N) is 1. The topological polar surface area (TPSA) is 206 Å². The molecule has 0 aliphatic rings. The Labute approximate surface area is 254 Å². The Hall–Kier alpha value is -2.44. The third-order valence-corrected chi connectivity index (χ3v) is 7.26. The Morgan fingerprint density at radius 3 is 1.84 bits per heavy atom. The van der Waals surface area contributed by atoms with E-state index in [1.54, 1.807) is 0 Å². The molecule has 0 spiro atoms. The highest BCUT2D eigenvalue weighted by Gasteiger charge is 2.28. The molecule has 0 aromatic rings. The lowest BCUT2D eigenvalue weighted by atomic mass is 10.0. The number of carboxylic acids is 1. The van der Waals surface area contributed by atoms with Gasteiger partial charge in [-0.2, -0.15) is 0 Å². The maximum Gasteiger partial charge on any atom is 0.472 e. The smallest absolute Gasteiger partial charge is 0.472 e. The van der Waals surface area contributed by atoms with Gasteiger partial charge in [0, 0.05) is 12.8 Å². The maximum atomic E-state index is 12.2. The summed E-state index contributed by atoms with van der Waals surface area (Å²) in [5.74, 6) is -3.38. The molecule has 0 rings (SSSR count). The molecule has 4 N–H and O–H groups in total. The van der Waals surface area contributed by atoms with Crippen LogP contribution in [0, 0.1) is 0 Å². The van der Waals surface area contributed by atoms with E-state index in [0.29, 0.717) is 12.7 Å². The molecule has 0 bridgehead atoms. The number of hydrogen-bond donors (Lipinski definition) is 3. The summed E-state index contributed by atoms with van der Waals surface area (Å²) < 4.78 is 31.7. The number of phosphoric acid groups is 1. The summed E-state index contributed by atoms with van der Waals surface area (Å²) in [5.41, 5.74) is 5.23. The third-order valence-electron chi connectivity index (χ3n) is 6.31. The minimum atomic E-state index is -4.79. The summed E-state index contributed by atoms with van der Waals surface area (Å²) in [4.78, 5) is 66.9. The number of aliphatic carboxylic acids is 1. The van der Waals surface area contributed by atoms with Crippen molar-refractivity contribution in [1.29, 1.82) is 0 Å². The number of carboxylic acid groups (broad SMARTS) is 1. The van der Waals surface area contributed by atoms with E-state index in [1.165, 1.54) is 57.8 Å². The van der Waals surface area contributed by atoms with Gasteiger partial charge in [0.05, 0.1) is 19.6 Å². The lowest BCUT2D eigenvalue weighted by Gasteiger charge is -2.20. The first-order valence-corrected chi connectivity index (χ1v) is 16.6. The number of unbranched alkanes of at least 4 members (excludes halogenated alkanes) is 12. The van der Waals surface area contributed by atoms with Crippen LogP contribution in [0.15, 0.2) is 12.2 Å². The van der Waals surface area contributed by atoms with Crippen LogP contribution in [0.25, 0.3) is 0 Å². The van der Waals surface area contributed by atoms with Gasteiger partial charge in [0.1, 0.15) is 18.9 Å². The molecule has 0 aliphatic carbocycles. The van der Waals surface area contributed by atoms with Gasteiger partial charge in [-0.05, 0) is 18.6 Å². The molecular weight excluding hydrogens is 585 g/mol. The second-order valence-corrected chi connectivity index (χ2v) is 11.7. The molecule has 3 atom stereocenters. The first kappa shape index (κ1) is 40.6. The standard InChI is InChI=1S/C29H50NO12P/c1-2-3-4-5-6-7-8-9-10-11-12-13-14-17-27(33)39-21-25(42-28(34)19-18-24(32)16-15-20-31)22-40-43(37,38)41-23-26(30)29(35)36/h15-16,20,25-26H,2-14,17-19,21-23,30H2,1H3,(H,35,36)(H,37,38)/b16-15+/t25-,26+/m1/s1. The summed E-state index contributed by atoms with van der Waals surface area (Å²) >= 11 is 0. The van der Waals surface area contributed by atoms with E-state index in [9.17, 15) is 33.4 Å². The SMILES string of the molecule is CCCCCCCCCCCCCCCC(=O)OC[C@H](COP(=O)(O)OC[C@H](N)C(=O)O)OC(=O)CCC(=O)/C=C/C=O. The van der Waals surface area contributed by atoms with E-state index in [1.807, 2.05) is 0 Å². The molecule has 0 aromatic heterocycles. The largest absolute Gasteiger partial charge is 0.480 e. The van der Waals surface area contributed by atoms with Gasteiger partial charge in [-0.3, -0.25) is 33.0 Å². The van der Waals surface area contributed by atoms with Crippen LogP contribution in [0.4, 0.5) is 0 Å². The van der Waals surface area contributed by atoms with Crippen molar-refractivity contribution in [3.8, 4) is 0 Å². The van der Waals surface area contributed by atoms with Crippen LogP contribution in [-0.2, 0) is 47.1 Å². The van der Waals surface area contributed by atoms with E-state index in [4.69, 9.17) is 24.8 Å². The van der Waals surface area contributed by atoms with Gasteiger partial charge < -0.3 is 25.2 Å². The Kier molecular flexibility index (Phi) is 24.5. The average Bonchev–Trinajstić information content (AvgIpc) is 2.97. The third kappa shape index (κ3) is 25.7. The zero-order valence-electron chi connectivity index (χ0n) is 25.3. The molecule has 1 unspecified atom stereocenters. The van der Waals surface area contributed by atoms with Crippen LogP contribution in [0.5, 0.6) is 0 Å². The normalized spacial score (nSPS) is 14.1. The predicted octanol–water partition coefficient (Wildman–Crippen LogP) is 4.57. The first-order chi connectivity index (χ1) is 20.5. The highest BCUT2D eigenvalue weighted by atomic mass is 31.2. The molecule has 0 aliphatic heterocycles. The fourth-order valence-corrected chi connectivity index (χ4v) is 4.60. The lowest BCUT2D eigenvalue weighted by Crippen LogP contribution is -2.34. The lowest BCUT2D eigenvalue weighted by molar-refractivity contribution is -0.161. The summed E-state index contributed by atoms with van der Waals surface area (Å²) in [6, 6.07) is -1.57. The van der Waals surface area contributed by atoms with Gasteiger partial charge in [-0.1, -0.05) is 84.0 Å². The minimum absolute atomic E-state index is 0.144. The van der Waals surface area contributed by atoms with E-state index in [-0.39, 0.29) is 19.3 Å². The van der Waals surface area contributed by atoms with Gasteiger partial charge in [-0.25, -0.2) is 4.57 Å². The zero-order valence-corrected chi connectivity index (χ0v) is 26.2. The first-order valence-electron chi connectivity index (χ1n) is 15.1. The number of esters is 2. The van der Waals surface area contributed by atoms with Crippen molar-refractivity contribution in [2.45, 2.75) is 122 Å². The van der Waals surface area contributed by atoms with Crippen LogP contribution in [0.3, 0.4) is 0 Å². The van der Waals surface area contributed by atoms with E-state index >= 15 is 0 Å². The predicted molar refractivity (Wildman–Crippen MR) is 158 cm³/mol. The second-order valence-electron chi connectivity index (χ2n) is 10.3. The van der Waals surface area contributed by atoms with Crippen molar-refractivity contribution >= 4 is 37.8 Å². The van der Waals surface area contributed by atoms with Crippen LogP contribution < -0.4 is 5.73 Å². The molecule has 43 heavy (non-hydrogen) atoms. The number of aldehydes is 1. The van der Waals surface area contributed by atoms with Crippen LogP contribution in [0.2, 0.25) is 0 Å². The van der Waals surface area contributed by atoms with Crippen molar-refractivity contribution < 1.29 is 57.1 Å². The van der Waals surface area contributed by atoms with Crippen LogP contribution in [-0.4, -0.2) is 71.9 Å². The monoisotopic (exact) mass is 635 g/mol.